The van der Waals surface area contributed by atoms with Gasteiger partial charge in [-0.2, -0.15) is 0 Å². The van der Waals surface area contributed by atoms with Gasteiger partial charge in [-0.15, -0.1) is 0 Å². The first-order chi connectivity index (χ1) is 10.5. The number of hydrogen-bond acceptors (Lipinski definition) is 2. The molecule has 0 aliphatic heterocycles. The van der Waals surface area contributed by atoms with E-state index in [9.17, 15) is 8.42 Å². The lowest BCUT2D eigenvalue weighted by molar-refractivity contribution is 0.579. The Hall–Kier alpha value is -2.11. The summed E-state index contributed by atoms with van der Waals surface area (Å²) in [7, 11) is -1.60. The lowest BCUT2D eigenvalue weighted by atomic mass is 10.1. The van der Waals surface area contributed by atoms with Crippen molar-refractivity contribution in [3.63, 3.8) is 0 Å². The second-order valence-electron chi connectivity index (χ2n) is 5.36. The molecule has 0 atom stereocenters. The van der Waals surface area contributed by atoms with Crippen LogP contribution in [-0.2, 0) is 23.6 Å². The zero-order chi connectivity index (χ0) is 15.7. The molecular weight excluding hydrogens is 296 g/mol. The Morgan fingerprint density at radius 2 is 1.73 bits per heavy atom. The van der Waals surface area contributed by atoms with Crippen molar-refractivity contribution in [2.45, 2.75) is 18.4 Å². The molecule has 0 aliphatic carbocycles. The molecule has 2 aromatic carbocycles. The summed E-state index contributed by atoms with van der Waals surface area (Å²) in [5, 5.41) is 1.94. The summed E-state index contributed by atoms with van der Waals surface area (Å²) in [5.41, 5.74) is 2.03. The third-order valence-corrected chi connectivity index (χ3v) is 5.35. The highest BCUT2D eigenvalue weighted by molar-refractivity contribution is 7.89. The largest absolute Gasteiger partial charge is 0.351 e. The van der Waals surface area contributed by atoms with Crippen LogP contribution in [0.1, 0.15) is 11.4 Å². The van der Waals surface area contributed by atoms with E-state index in [0.29, 0.717) is 0 Å². The maximum absolute atomic E-state index is 12.4. The number of rotatable bonds is 4. The fourth-order valence-corrected chi connectivity index (χ4v) is 3.47. The molecule has 3 aromatic rings. The summed E-state index contributed by atoms with van der Waals surface area (Å²) in [6, 6.07) is 16.8. The Morgan fingerprint density at radius 3 is 2.41 bits per heavy atom. The summed E-state index contributed by atoms with van der Waals surface area (Å²) in [6.07, 6.45) is 0. The average molecular weight is 314 g/mol. The fourth-order valence-electron chi connectivity index (χ4n) is 2.43. The SMILES string of the molecule is Cc1ccc(CNS(=O)(=O)c2ccc3ccccc3c2)n1C. The van der Waals surface area contributed by atoms with Crippen LogP contribution in [0.5, 0.6) is 0 Å². The van der Waals surface area contributed by atoms with Crippen LogP contribution < -0.4 is 4.72 Å². The first kappa shape index (κ1) is 14.8. The lowest BCUT2D eigenvalue weighted by Crippen LogP contribution is -2.24. The van der Waals surface area contributed by atoms with Crippen molar-refractivity contribution in [2.24, 2.45) is 7.05 Å². The van der Waals surface area contributed by atoms with Gasteiger partial charge in [0.15, 0.2) is 0 Å². The van der Waals surface area contributed by atoms with Crippen LogP contribution in [0.2, 0.25) is 0 Å². The van der Waals surface area contributed by atoms with E-state index >= 15 is 0 Å². The maximum Gasteiger partial charge on any atom is 0.240 e. The molecule has 0 spiro atoms. The Bertz CT molecular complexity index is 927. The van der Waals surface area contributed by atoms with E-state index in [1.54, 1.807) is 12.1 Å². The monoisotopic (exact) mass is 314 g/mol. The molecular formula is C17H18N2O2S. The molecule has 0 unspecified atom stereocenters. The molecule has 0 saturated carbocycles. The molecule has 0 radical (unpaired) electrons. The number of nitrogens with zero attached hydrogens (tertiary/aromatic N) is 1. The molecule has 114 valence electrons. The van der Waals surface area contributed by atoms with Crippen molar-refractivity contribution in [3.05, 3.63) is 66.0 Å². The fraction of sp³-hybridized carbons (Fsp3) is 0.176. The number of aromatic nitrogens is 1. The summed E-state index contributed by atoms with van der Waals surface area (Å²) in [5.74, 6) is 0. The highest BCUT2D eigenvalue weighted by Crippen LogP contribution is 2.19. The molecule has 22 heavy (non-hydrogen) atoms. The van der Waals surface area contributed by atoms with Gasteiger partial charge in [-0.25, -0.2) is 13.1 Å². The second-order valence-corrected chi connectivity index (χ2v) is 7.13. The van der Waals surface area contributed by atoms with Crippen LogP contribution in [0.4, 0.5) is 0 Å². The second kappa shape index (κ2) is 5.59. The number of fused-ring (bicyclic) bond motifs is 1. The Kier molecular flexibility index (Phi) is 3.76. The molecule has 4 nitrogen and oxygen atoms in total. The first-order valence-electron chi connectivity index (χ1n) is 7.07. The van der Waals surface area contributed by atoms with Crippen LogP contribution in [0, 0.1) is 6.92 Å². The van der Waals surface area contributed by atoms with Gasteiger partial charge in [0.05, 0.1) is 11.4 Å². The predicted molar refractivity (Wildman–Crippen MR) is 88.1 cm³/mol. The van der Waals surface area contributed by atoms with E-state index in [1.807, 2.05) is 61.0 Å². The van der Waals surface area contributed by atoms with Gasteiger partial charge in [0.2, 0.25) is 10.0 Å². The van der Waals surface area contributed by atoms with Crippen molar-refractivity contribution in [3.8, 4) is 0 Å². The molecule has 0 aliphatic rings. The number of nitrogens with one attached hydrogen (secondary N) is 1. The zero-order valence-corrected chi connectivity index (χ0v) is 13.4. The molecule has 1 aromatic heterocycles. The van der Waals surface area contributed by atoms with Crippen LogP contribution in [0.3, 0.4) is 0 Å². The normalized spacial score (nSPS) is 11.9. The van der Waals surface area contributed by atoms with E-state index in [4.69, 9.17) is 0 Å². The van der Waals surface area contributed by atoms with Crippen molar-refractivity contribution < 1.29 is 8.42 Å². The third-order valence-electron chi connectivity index (χ3n) is 3.95. The summed E-state index contributed by atoms with van der Waals surface area (Å²) < 4.78 is 29.5. The highest BCUT2D eigenvalue weighted by Gasteiger charge is 2.15. The van der Waals surface area contributed by atoms with Crippen molar-refractivity contribution in [1.29, 1.82) is 0 Å². The number of benzene rings is 2. The standard InChI is InChI=1S/C17H18N2O2S/c1-13-7-9-16(19(13)2)12-18-22(20,21)17-10-8-14-5-3-4-6-15(14)11-17/h3-11,18H,12H2,1-2H3. The summed E-state index contributed by atoms with van der Waals surface area (Å²) in [6.45, 7) is 2.26. The minimum atomic E-state index is -3.52. The quantitative estimate of drug-likeness (QED) is 0.805. The zero-order valence-electron chi connectivity index (χ0n) is 12.6. The van der Waals surface area contributed by atoms with E-state index in [2.05, 4.69) is 4.72 Å². The molecule has 0 amide bonds. The van der Waals surface area contributed by atoms with Gasteiger partial charge >= 0.3 is 0 Å². The smallest absolute Gasteiger partial charge is 0.240 e. The van der Waals surface area contributed by atoms with Crippen molar-refractivity contribution >= 4 is 20.8 Å². The molecule has 5 heteroatoms. The lowest BCUT2D eigenvalue weighted by Gasteiger charge is -2.09. The van der Waals surface area contributed by atoms with Crippen LogP contribution >= 0.6 is 0 Å². The first-order valence-corrected chi connectivity index (χ1v) is 8.55. The van der Waals surface area contributed by atoms with Crippen molar-refractivity contribution in [1.82, 2.24) is 9.29 Å². The van der Waals surface area contributed by atoms with E-state index in [0.717, 1.165) is 22.2 Å². The molecule has 0 saturated heterocycles. The van der Waals surface area contributed by atoms with Gasteiger partial charge in [-0.1, -0.05) is 30.3 Å². The van der Waals surface area contributed by atoms with Gasteiger partial charge < -0.3 is 4.57 Å². The average Bonchev–Trinajstić information content (AvgIpc) is 2.84. The van der Waals surface area contributed by atoms with E-state index in [-0.39, 0.29) is 11.4 Å². The van der Waals surface area contributed by atoms with Gasteiger partial charge in [0, 0.05) is 18.4 Å². The topological polar surface area (TPSA) is 51.1 Å². The minimum Gasteiger partial charge on any atom is -0.351 e. The third kappa shape index (κ3) is 2.77. The summed E-state index contributed by atoms with van der Waals surface area (Å²) >= 11 is 0. The molecule has 0 fully saturated rings. The van der Waals surface area contributed by atoms with Crippen LogP contribution in [-0.4, -0.2) is 13.0 Å². The number of aryl methyl sites for hydroxylation is 1. The molecule has 0 bridgehead atoms. The molecule has 1 N–H and O–H groups in total. The van der Waals surface area contributed by atoms with E-state index in [1.165, 1.54) is 0 Å². The number of hydrogen-bond donors (Lipinski definition) is 1. The summed E-state index contributed by atoms with van der Waals surface area (Å²) in [4.78, 5) is 0.289. The maximum atomic E-state index is 12.4. The van der Waals surface area contributed by atoms with Gasteiger partial charge in [-0.05, 0) is 42.0 Å². The van der Waals surface area contributed by atoms with Crippen LogP contribution in [0.25, 0.3) is 10.8 Å². The van der Waals surface area contributed by atoms with Crippen LogP contribution in [0.15, 0.2) is 59.5 Å². The van der Waals surface area contributed by atoms with Gasteiger partial charge in [-0.3, -0.25) is 0 Å². The molecule has 1 heterocycles. The Morgan fingerprint density at radius 1 is 1.00 bits per heavy atom. The van der Waals surface area contributed by atoms with Gasteiger partial charge in [0.1, 0.15) is 0 Å². The predicted octanol–water partition coefficient (Wildman–Crippen LogP) is 2.97. The Balaban J connectivity index is 1.86. The Labute approximate surface area is 130 Å². The van der Waals surface area contributed by atoms with Crippen molar-refractivity contribution in [2.75, 3.05) is 0 Å². The minimum absolute atomic E-state index is 0.277. The van der Waals surface area contributed by atoms with Gasteiger partial charge in [0.25, 0.3) is 0 Å². The number of sulfonamides is 1. The molecule has 3 rings (SSSR count). The van der Waals surface area contributed by atoms with E-state index < -0.39 is 10.0 Å². The highest BCUT2D eigenvalue weighted by atomic mass is 32.2.